The van der Waals surface area contributed by atoms with Gasteiger partial charge in [-0.15, -0.1) is 0 Å². The molecule has 1 aromatic carbocycles. The second kappa shape index (κ2) is 7.31. The molecule has 3 rings (SSSR count). The first-order valence-electron chi connectivity index (χ1n) is 9.07. The molecule has 1 aromatic heterocycles. The number of aromatic nitrogens is 1. The van der Waals surface area contributed by atoms with E-state index in [2.05, 4.69) is 16.4 Å². The van der Waals surface area contributed by atoms with Crippen LogP contribution >= 0.6 is 0 Å². The number of hydrogen-bond acceptors (Lipinski definition) is 5. The summed E-state index contributed by atoms with van der Waals surface area (Å²) in [6.45, 7) is 7.95. The number of urea groups is 1. The number of hydrogen-bond donors (Lipinski definition) is 1. The maximum absolute atomic E-state index is 12.3. The number of imide groups is 1. The number of ether oxygens (including phenoxy) is 1. The molecule has 1 aliphatic heterocycles. The van der Waals surface area contributed by atoms with Gasteiger partial charge in [0.15, 0.2) is 0 Å². The third kappa shape index (κ3) is 3.67. The van der Waals surface area contributed by atoms with Crippen LogP contribution in [-0.2, 0) is 10.2 Å². The summed E-state index contributed by atoms with van der Waals surface area (Å²) < 4.78 is 5.92. The second-order valence-electron chi connectivity index (χ2n) is 7.61. The Morgan fingerprint density at radius 3 is 2.54 bits per heavy atom. The van der Waals surface area contributed by atoms with E-state index in [1.807, 2.05) is 33.8 Å². The summed E-state index contributed by atoms with van der Waals surface area (Å²) in [6.07, 6.45) is 1.97. The topological polar surface area (TPSA) is 95.3 Å². The molecule has 144 valence electrons. The Hall–Kier alpha value is -3.40. The highest BCUT2D eigenvalue weighted by molar-refractivity contribution is 6.21. The van der Waals surface area contributed by atoms with Crippen LogP contribution in [0.25, 0.3) is 0 Å². The second-order valence-corrected chi connectivity index (χ2v) is 7.61. The average molecular weight is 378 g/mol. The molecule has 0 saturated carbocycles. The number of carbonyl (C=O) groups excluding carboxylic acids is 2. The number of carbonyl (C=O) groups is 2. The van der Waals surface area contributed by atoms with E-state index in [4.69, 9.17) is 10.00 Å². The number of rotatable bonds is 4. The minimum absolute atomic E-state index is 0.225. The maximum atomic E-state index is 12.3. The van der Waals surface area contributed by atoms with Crippen molar-refractivity contribution in [1.82, 2.24) is 10.3 Å². The molecule has 1 fully saturated rings. The van der Waals surface area contributed by atoms with Crippen LogP contribution in [0.2, 0.25) is 0 Å². The van der Waals surface area contributed by atoms with E-state index in [0.29, 0.717) is 29.3 Å². The van der Waals surface area contributed by atoms with Crippen molar-refractivity contribution in [3.63, 3.8) is 0 Å². The highest BCUT2D eigenvalue weighted by Crippen LogP contribution is 2.34. The van der Waals surface area contributed by atoms with Crippen molar-refractivity contribution >= 4 is 17.6 Å². The molecule has 1 atom stereocenters. The summed E-state index contributed by atoms with van der Waals surface area (Å²) in [5, 5.41) is 11.8. The molecule has 3 amide bonds. The molecule has 28 heavy (non-hydrogen) atoms. The summed E-state index contributed by atoms with van der Waals surface area (Å²) in [7, 11) is 0. The summed E-state index contributed by atoms with van der Waals surface area (Å²) in [4.78, 5) is 29.7. The van der Waals surface area contributed by atoms with Crippen molar-refractivity contribution < 1.29 is 14.3 Å². The molecule has 0 spiro atoms. The van der Waals surface area contributed by atoms with Gasteiger partial charge in [-0.3, -0.25) is 4.79 Å². The Kier molecular flexibility index (Phi) is 5.06. The molecule has 0 bridgehead atoms. The predicted molar refractivity (Wildman–Crippen MR) is 104 cm³/mol. The standard InChI is InChI=1S/C21H22N4O3/c1-5-16-19(26)25(20(27)24-16)14-7-9-18(23-12-14)28-17-8-6-13(11-22)10-15(17)21(2,3)4/h6-10,12,16H,5H2,1-4H3,(H,24,27)/t16-/m1/s1. The van der Waals surface area contributed by atoms with Gasteiger partial charge in [0.25, 0.3) is 5.91 Å². The van der Waals surface area contributed by atoms with Crippen molar-refractivity contribution in [3.8, 4) is 17.7 Å². The van der Waals surface area contributed by atoms with Crippen molar-refractivity contribution in [1.29, 1.82) is 5.26 Å². The lowest BCUT2D eigenvalue weighted by atomic mass is 9.85. The Morgan fingerprint density at radius 1 is 1.25 bits per heavy atom. The number of pyridine rings is 1. The first-order chi connectivity index (χ1) is 13.2. The van der Waals surface area contributed by atoms with Crippen LogP contribution in [0.5, 0.6) is 11.6 Å². The number of benzene rings is 1. The quantitative estimate of drug-likeness (QED) is 0.815. The summed E-state index contributed by atoms with van der Waals surface area (Å²) >= 11 is 0. The molecule has 1 N–H and O–H groups in total. The van der Waals surface area contributed by atoms with E-state index in [9.17, 15) is 9.59 Å². The largest absolute Gasteiger partial charge is 0.439 e. The van der Waals surface area contributed by atoms with Crippen molar-refractivity contribution in [3.05, 3.63) is 47.7 Å². The summed E-state index contributed by atoms with van der Waals surface area (Å²) in [6, 6.07) is 9.67. The van der Waals surface area contributed by atoms with Crippen LogP contribution in [0.4, 0.5) is 10.5 Å². The minimum Gasteiger partial charge on any atom is -0.439 e. The van der Waals surface area contributed by atoms with Gasteiger partial charge in [0.1, 0.15) is 11.8 Å². The molecule has 1 saturated heterocycles. The predicted octanol–water partition coefficient (Wildman–Crippen LogP) is 3.88. The fraction of sp³-hybridized carbons (Fsp3) is 0.333. The van der Waals surface area contributed by atoms with Crippen LogP contribution in [0.15, 0.2) is 36.5 Å². The molecular weight excluding hydrogens is 356 g/mol. The Morgan fingerprint density at radius 2 is 2.00 bits per heavy atom. The molecule has 0 radical (unpaired) electrons. The van der Waals surface area contributed by atoms with Crippen molar-refractivity contribution in [2.75, 3.05) is 4.90 Å². The van der Waals surface area contributed by atoms with Crippen LogP contribution in [0.3, 0.4) is 0 Å². The smallest absolute Gasteiger partial charge is 0.329 e. The average Bonchev–Trinajstić information content (AvgIpc) is 2.95. The molecule has 1 aliphatic rings. The van der Waals surface area contributed by atoms with E-state index in [0.717, 1.165) is 10.5 Å². The fourth-order valence-electron chi connectivity index (χ4n) is 3.00. The first-order valence-corrected chi connectivity index (χ1v) is 9.07. The normalized spacial score (nSPS) is 16.7. The lowest BCUT2D eigenvalue weighted by Crippen LogP contribution is -2.31. The van der Waals surface area contributed by atoms with E-state index in [1.54, 1.807) is 24.3 Å². The zero-order valence-corrected chi connectivity index (χ0v) is 16.3. The molecule has 7 nitrogen and oxygen atoms in total. The zero-order valence-electron chi connectivity index (χ0n) is 16.3. The fourth-order valence-corrected chi connectivity index (χ4v) is 3.00. The monoisotopic (exact) mass is 378 g/mol. The molecular formula is C21H22N4O3. The summed E-state index contributed by atoms with van der Waals surface area (Å²) in [5.74, 6) is 0.649. The molecule has 2 aromatic rings. The Bertz CT molecular complexity index is 955. The van der Waals surface area contributed by atoms with E-state index in [-0.39, 0.29) is 11.3 Å². The van der Waals surface area contributed by atoms with Gasteiger partial charge in [0, 0.05) is 11.6 Å². The first kappa shape index (κ1) is 19.4. The minimum atomic E-state index is -0.503. The van der Waals surface area contributed by atoms with Crippen molar-refractivity contribution in [2.24, 2.45) is 0 Å². The molecule has 7 heteroatoms. The highest BCUT2D eigenvalue weighted by atomic mass is 16.5. The third-order valence-corrected chi connectivity index (χ3v) is 4.54. The van der Waals surface area contributed by atoms with Gasteiger partial charge in [0.05, 0.1) is 23.5 Å². The van der Waals surface area contributed by atoms with Gasteiger partial charge in [-0.1, -0.05) is 27.7 Å². The Balaban J connectivity index is 1.85. The molecule has 2 heterocycles. The number of nitrogens with one attached hydrogen (secondary N) is 1. The van der Waals surface area contributed by atoms with Gasteiger partial charge in [-0.05, 0) is 36.1 Å². The van der Waals surface area contributed by atoms with E-state index in [1.165, 1.54) is 6.20 Å². The SMILES string of the molecule is CC[C@H]1NC(=O)N(c2ccc(Oc3ccc(C#N)cc3C(C)(C)C)nc2)C1=O. The number of anilines is 1. The summed E-state index contributed by atoms with van der Waals surface area (Å²) in [5.41, 5.74) is 1.61. The van der Waals surface area contributed by atoms with Crippen LogP contribution in [-0.4, -0.2) is 23.0 Å². The number of nitrogens with zero attached hydrogens (tertiary/aromatic N) is 3. The van der Waals surface area contributed by atoms with Gasteiger partial charge in [-0.25, -0.2) is 14.7 Å². The van der Waals surface area contributed by atoms with Gasteiger partial charge < -0.3 is 10.1 Å². The number of nitriles is 1. The maximum Gasteiger partial charge on any atom is 0.329 e. The third-order valence-electron chi connectivity index (χ3n) is 4.54. The lowest BCUT2D eigenvalue weighted by molar-refractivity contribution is -0.118. The van der Waals surface area contributed by atoms with Crippen LogP contribution < -0.4 is 15.0 Å². The zero-order chi connectivity index (χ0) is 20.5. The van der Waals surface area contributed by atoms with Gasteiger partial charge in [0.2, 0.25) is 5.88 Å². The van der Waals surface area contributed by atoms with E-state index < -0.39 is 12.1 Å². The van der Waals surface area contributed by atoms with Crippen molar-refractivity contribution in [2.45, 2.75) is 45.6 Å². The Labute approximate surface area is 163 Å². The molecule has 0 aliphatic carbocycles. The number of amides is 3. The van der Waals surface area contributed by atoms with Crippen LogP contribution in [0, 0.1) is 11.3 Å². The van der Waals surface area contributed by atoms with Crippen LogP contribution in [0.1, 0.15) is 45.2 Å². The van der Waals surface area contributed by atoms with Gasteiger partial charge >= 0.3 is 6.03 Å². The molecule has 0 unspecified atom stereocenters. The highest BCUT2D eigenvalue weighted by Gasteiger charge is 2.38. The lowest BCUT2D eigenvalue weighted by Gasteiger charge is -2.22. The van der Waals surface area contributed by atoms with E-state index >= 15 is 0 Å². The van der Waals surface area contributed by atoms with Gasteiger partial charge in [-0.2, -0.15) is 5.26 Å².